The number of fused-ring (bicyclic) bond motifs is 1. The van der Waals surface area contributed by atoms with E-state index in [1.165, 1.54) is 25.3 Å². The number of hydrogen-bond donors (Lipinski definition) is 2. The number of aliphatic hydroxyl groups excluding tert-OH is 1. The predicted octanol–water partition coefficient (Wildman–Crippen LogP) is 4.60. The van der Waals surface area contributed by atoms with Gasteiger partial charge in [0.05, 0.1) is 24.3 Å². The standard InChI is InChI=1S/C22H19BrN2O3/c1-13(19-11-17(23)9-14-5-3-4-6-18(14)19)25-21(26)20-10-15(22(27)28-2)7-8-16(20)12-24/h3-11,13,21,25-26H,1-2H3/t13-,21?/m1/s1. The fraction of sp³-hybridized carbons (Fsp3) is 0.182. The number of ether oxygens (including phenoxy) is 1. The number of benzene rings is 3. The van der Waals surface area contributed by atoms with Gasteiger partial charge in [0, 0.05) is 16.1 Å². The van der Waals surface area contributed by atoms with Crippen LogP contribution in [0, 0.1) is 11.3 Å². The van der Waals surface area contributed by atoms with Crippen molar-refractivity contribution in [2.45, 2.75) is 19.2 Å². The number of rotatable bonds is 5. The number of hydrogen-bond acceptors (Lipinski definition) is 5. The first-order chi connectivity index (χ1) is 13.4. The van der Waals surface area contributed by atoms with Crippen LogP contribution in [0.3, 0.4) is 0 Å². The van der Waals surface area contributed by atoms with Crippen LogP contribution in [-0.4, -0.2) is 18.2 Å². The van der Waals surface area contributed by atoms with Crippen molar-refractivity contribution in [3.05, 3.63) is 81.3 Å². The summed E-state index contributed by atoms with van der Waals surface area (Å²) in [5.74, 6) is -0.524. The van der Waals surface area contributed by atoms with Crippen molar-refractivity contribution in [3.8, 4) is 6.07 Å². The van der Waals surface area contributed by atoms with Crippen LogP contribution in [0.1, 0.15) is 46.2 Å². The summed E-state index contributed by atoms with van der Waals surface area (Å²) >= 11 is 3.53. The molecule has 2 atom stereocenters. The highest BCUT2D eigenvalue weighted by Gasteiger charge is 2.19. The molecule has 0 fully saturated rings. The molecule has 6 heteroatoms. The van der Waals surface area contributed by atoms with Crippen LogP contribution in [0.2, 0.25) is 0 Å². The lowest BCUT2D eigenvalue weighted by Crippen LogP contribution is -2.25. The van der Waals surface area contributed by atoms with Crippen LogP contribution in [-0.2, 0) is 4.74 Å². The average molecular weight is 439 g/mol. The summed E-state index contributed by atoms with van der Waals surface area (Å²) in [5.41, 5.74) is 1.90. The van der Waals surface area contributed by atoms with Crippen LogP contribution in [0.15, 0.2) is 59.1 Å². The number of nitrogens with zero attached hydrogens (tertiary/aromatic N) is 1. The minimum atomic E-state index is -1.13. The number of esters is 1. The molecule has 0 aliphatic rings. The minimum Gasteiger partial charge on any atom is -0.465 e. The first kappa shape index (κ1) is 20.0. The van der Waals surface area contributed by atoms with Gasteiger partial charge < -0.3 is 9.84 Å². The quantitative estimate of drug-likeness (QED) is 0.449. The van der Waals surface area contributed by atoms with Crippen molar-refractivity contribution in [2.24, 2.45) is 0 Å². The lowest BCUT2D eigenvalue weighted by molar-refractivity contribution is 0.0600. The van der Waals surface area contributed by atoms with E-state index in [0.29, 0.717) is 11.1 Å². The van der Waals surface area contributed by atoms with Gasteiger partial charge in [-0.05, 0) is 53.6 Å². The molecule has 0 saturated carbocycles. The summed E-state index contributed by atoms with van der Waals surface area (Å²) < 4.78 is 5.67. The Balaban J connectivity index is 1.94. The molecule has 0 aliphatic carbocycles. The summed E-state index contributed by atoms with van der Waals surface area (Å²) in [6.07, 6.45) is -1.13. The first-order valence-electron chi connectivity index (χ1n) is 8.69. The van der Waals surface area contributed by atoms with Crippen LogP contribution in [0.4, 0.5) is 0 Å². The molecule has 0 heterocycles. The molecule has 0 radical (unpaired) electrons. The van der Waals surface area contributed by atoms with Crippen molar-refractivity contribution >= 4 is 32.7 Å². The molecular weight excluding hydrogens is 420 g/mol. The van der Waals surface area contributed by atoms with E-state index in [9.17, 15) is 15.2 Å². The van der Waals surface area contributed by atoms with Gasteiger partial charge in [-0.2, -0.15) is 5.26 Å². The van der Waals surface area contributed by atoms with E-state index in [4.69, 9.17) is 4.74 Å². The summed E-state index contributed by atoms with van der Waals surface area (Å²) in [6.45, 7) is 1.94. The maximum absolute atomic E-state index is 11.8. The zero-order valence-electron chi connectivity index (χ0n) is 15.4. The number of halogens is 1. The molecule has 142 valence electrons. The number of nitrogens with one attached hydrogen (secondary N) is 1. The maximum Gasteiger partial charge on any atom is 0.337 e. The Bertz CT molecular complexity index is 1080. The monoisotopic (exact) mass is 438 g/mol. The molecule has 3 aromatic carbocycles. The minimum absolute atomic E-state index is 0.217. The second-order valence-corrected chi connectivity index (χ2v) is 7.33. The first-order valence-corrected chi connectivity index (χ1v) is 9.48. The van der Waals surface area contributed by atoms with Gasteiger partial charge in [0.1, 0.15) is 6.23 Å². The molecule has 28 heavy (non-hydrogen) atoms. The molecule has 1 unspecified atom stereocenters. The smallest absolute Gasteiger partial charge is 0.337 e. The largest absolute Gasteiger partial charge is 0.465 e. The van der Waals surface area contributed by atoms with E-state index < -0.39 is 12.2 Å². The Kier molecular flexibility index (Phi) is 6.10. The summed E-state index contributed by atoms with van der Waals surface area (Å²) in [6, 6.07) is 18.4. The van der Waals surface area contributed by atoms with E-state index in [0.717, 1.165) is 20.8 Å². The van der Waals surface area contributed by atoms with Crippen LogP contribution < -0.4 is 5.32 Å². The normalized spacial score (nSPS) is 13.0. The summed E-state index contributed by atoms with van der Waals surface area (Å²) in [5, 5.41) is 25.4. The number of aliphatic hydroxyl groups is 1. The Morgan fingerprint density at radius 3 is 2.64 bits per heavy atom. The third-order valence-electron chi connectivity index (χ3n) is 4.62. The molecule has 0 saturated heterocycles. The Labute approximate surface area is 171 Å². The molecule has 3 rings (SSSR count). The molecule has 3 aromatic rings. The fourth-order valence-corrected chi connectivity index (χ4v) is 3.71. The molecule has 0 amide bonds. The zero-order chi connectivity index (χ0) is 20.3. The van der Waals surface area contributed by atoms with Gasteiger partial charge in [0.15, 0.2) is 0 Å². The van der Waals surface area contributed by atoms with E-state index in [1.54, 1.807) is 0 Å². The zero-order valence-corrected chi connectivity index (χ0v) is 17.0. The molecule has 5 nitrogen and oxygen atoms in total. The van der Waals surface area contributed by atoms with Crippen LogP contribution >= 0.6 is 15.9 Å². The van der Waals surface area contributed by atoms with Crippen molar-refractivity contribution in [1.82, 2.24) is 5.32 Å². The topological polar surface area (TPSA) is 82.4 Å². The lowest BCUT2D eigenvalue weighted by Gasteiger charge is -2.22. The van der Waals surface area contributed by atoms with Crippen LogP contribution in [0.25, 0.3) is 10.8 Å². The van der Waals surface area contributed by atoms with Gasteiger partial charge >= 0.3 is 5.97 Å². The van der Waals surface area contributed by atoms with E-state index >= 15 is 0 Å². The van der Waals surface area contributed by atoms with Crippen molar-refractivity contribution in [1.29, 1.82) is 5.26 Å². The third-order valence-corrected chi connectivity index (χ3v) is 5.08. The van der Waals surface area contributed by atoms with Crippen molar-refractivity contribution < 1.29 is 14.6 Å². The number of carbonyl (C=O) groups is 1. The van der Waals surface area contributed by atoms with Gasteiger partial charge in [0.2, 0.25) is 0 Å². The SMILES string of the molecule is COC(=O)c1ccc(C#N)c(C(O)N[C@H](C)c2cc(Br)cc3ccccc23)c1. The van der Waals surface area contributed by atoms with E-state index in [1.807, 2.05) is 43.3 Å². The van der Waals surface area contributed by atoms with Gasteiger partial charge in [-0.1, -0.05) is 40.2 Å². The molecule has 2 N–H and O–H groups in total. The fourth-order valence-electron chi connectivity index (χ4n) is 3.21. The van der Waals surface area contributed by atoms with Crippen molar-refractivity contribution in [3.63, 3.8) is 0 Å². The van der Waals surface area contributed by atoms with Gasteiger partial charge in [-0.3, -0.25) is 5.32 Å². The average Bonchev–Trinajstić information content (AvgIpc) is 2.71. The molecule has 0 aromatic heterocycles. The number of carbonyl (C=O) groups excluding carboxylic acids is 1. The summed E-state index contributed by atoms with van der Waals surface area (Å²) in [7, 11) is 1.29. The highest BCUT2D eigenvalue weighted by Crippen LogP contribution is 2.30. The second-order valence-electron chi connectivity index (χ2n) is 6.41. The number of nitriles is 1. The third kappa shape index (κ3) is 4.07. The van der Waals surface area contributed by atoms with E-state index in [-0.39, 0.29) is 11.6 Å². The Morgan fingerprint density at radius 2 is 1.93 bits per heavy atom. The highest BCUT2D eigenvalue weighted by molar-refractivity contribution is 9.10. The Morgan fingerprint density at radius 1 is 1.18 bits per heavy atom. The number of methoxy groups -OCH3 is 1. The molecule has 0 spiro atoms. The van der Waals surface area contributed by atoms with Crippen molar-refractivity contribution in [2.75, 3.05) is 7.11 Å². The highest BCUT2D eigenvalue weighted by atomic mass is 79.9. The van der Waals surface area contributed by atoms with E-state index in [2.05, 4.69) is 27.3 Å². The lowest BCUT2D eigenvalue weighted by atomic mass is 9.98. The molecule has 0 bridgehead atoms. The summed E-state index contributed by atoms with van der Waals surface area (Å²) in [4.78, 5) is 11.8. The predicted molar refractivity (Wildman–Crippen MR) is 111 cm³/mol. The Hall–Kier alpha value is -2.72. The molecular formula is C22H19BrN2O3. The maximum atomic E-state index is 11.8. The van der Waals surface area contributed by atoms with Gasteiger partial charge in [0.25, 0.3) is 0 Å². The van der Waals surface area contributed by atoms with Gasteiger partial charge in [-0.15, -0.1) is 0 Å². The van der Waals surface area contributed by atoms with Crippen LogP contribution in [0.5, 0.6) is 0 Å². The molecule has 0 aliphatic heterocycles. The second kappa shape index (κ2) is 8.53. The van der Waals surface area contributed by atoms with Gasteiger partial charge in [-0.25, -0.2) is 4.79 Å².